The Hall–Kier alpha value is -2.77. The van der Waals surface area contributed by atoms with Crippen molar-refractivity contribution < 1.29 is 19.1 Å². The summed E-state index contributed by atoms with van der Waals surface area (Å²) >= 11 is 0. The highest BCUT2D eigenvalue weighted by Crippen LogP contribution is 2.60. The first kappa shape index (κ1) is 20.5. The number of rotatable bonds is 7. The zero-order valence-corrected chi connectivity index (χ0v) is 17.3. The molecule has 8 nitrogen and oxygen atoms in total. The van der Waals surface area contributed by atoms with E-state index in [0.717, 1.165) is 19.3 Å². The van der Waals surface area contributed by atoms with Gasteiger partial charge in [0.15, 0.2) is 0 Å². The minimum absolute atomic E-state index is 0.000848. The summed E-state index contributed by atoms with van der Waals surface area (Å²) in [7, 11) is 1.55. The summed E-state index contributed by atoms with van der Waals surface area (Å²) in [5.41, 5.74) is 5.11. The fourth-order valence-electron chi connectivity index (χ4n) is 5.93. The van der Waals surface area contributed by atoms with E-state index in [2.05, 4.69) is 21.5 Å². The van der Waals surface area contributed by atoms with Gasteiger partial charge in [0, 0.05) is 5.41 Å². The lowest BCUT2D eigenvalue weighted by Gasteiger charge is -2.55. The first-order valence-corrected chi connectivity index (χ1v) is 10.7. The Bertz CT molecular complexity index is 790. The lowest BCUT2D eigenvalue weighted by molar-refractivity contribution is -0.147. The van der Waals surface area contributed by atoms with Crippen LogP contribution in [0.3, 0.4) is 0 Å². The second-order valence-electron chi connectivity index (χ2n) is 9.03. The van der Waals surface area contributed by atoms with Gasteiger partial charge in [-0.3, -0.25) is 25.2 Å². The number of benzene rings is 1. The molecular formula is C22H30N4O4. The molecule has 30 heavy (non-hydrogen) atoms. The molecule has 8 heteroatoms. The standard InChI is InChI=1S/C22H30N4O4/c1-30-18-5-3-2-4-17(18)23-12-19(27)25-26-20(28)13-24-21(29)22-9-14-6-15(10-22)8-16(7-14)11-22/h2-5,14-16,23H,6-13H2,1H3,(H,24,29)(H,25,27)(H,26,28). The van der Waals surface area contributed by atoms with Crippen LogP contribution in [0.1, 0.15) is 38.5 Å². The molecule has 4 saturated carbocycles. The third-order valence-corrected chi connectivity index (χ3v) is 6.82. The predicted molar refractivity (Wildman–Crippen MR) is 111 cm³/mol. The molecule has 0 aromatic heterocycles. The number of hydrogen-bond donors (Lipinski definition) is 4. The highest BCUT2D eigenvalue weighted by Gasteiger charge is 2.54. The van der Waals surface area contributed by atoms with Gasteiger partial charge in [-0.15, -0.1) is 0 Å². The Morgan fingerprint density at radius 1 is 0.933 bits per heavy atom. The Morgan fingerprint density at radius 2 is 1.50 bits per heavy atom. The average Bonchev–Trinajstić information content (AvgIpc) is 2.73. The quantitative estimate of drug-likeness (QED) is 0.507. The third-order valence-electron chi connectivity index (χ3n) is 6.82. The topological polar surface area (TPSA) is 109 Å². The second kappa shape index (κ2) is 8.53. The number of hydrogen-bond acceptors (Lipinski definition) is 5. The molecule has 0 aliphatic heterocycles. The first-order chi connectivity index (χ1) is 14.5. The van der Waals surface area contributed by atoms with Crippen LogP contribution in [0, 0.1) is 23.2 Å². The van der Waals surface area contributed by atoms with E-state index in [4.69, 9.17) is 4.74 Å². The molecule has 0 saturated heterocycles. The molecule has 1 aromatic rings. The first-order valence-electron chi connectivity index (χ1n) is 10.7. The van der Waals surface area contributed by atoms with Gasteiger partial charge in [0.2, 0.25) is 5.91 Å². The van der Waals surface area contributed by atoms with E-state index < -0.39 is 11.8 Å². The molecule has 4 N–H and O–H groups in total. The zero-order valence-electron chi connectivity index (χ0n) is 17.3. The van der Waals surface area contributed by atoms with E-state index in [1.807, 2.05) is 12.1 Å². The maximum Gasteiger partial charge on any atom is 0.257 e. The predicted octanol–water partition coefficient (Wildman–Crippen LogP) is 1.59. The van der Waals surface area contributed by atoms with Crippen LogP contribution in [0.25, 0.3) is 0 Å². The summed E-state index contributed by atoms with van der Waals surface area (Å²) in [5, 5.41) is 5.76. The molecule has 0 heterocycles. The molecular weight excluding hydrogens is 384 g/mol. The van der Waals surface area contributed by atoms with E-state index in [9.17, 15) is 14.4 Å². The van der Waals surface area contributed by atoms with Crippen molar-refractivity contribution in [2.75, 3.05) is 25.5 Å². The molecule has 0 spiro atoms. The van der Waals surface area contributed by atoms with Gasteiger partial charge in [-0.1, -0.05) is 12.1 Å². The molecule has 4 fully saturated rings. The summed E-state index contributed by atoms with van der Waals surface area (Å²) in [4.78, 5) is 36.9. The van der Waals surface area contributed by atoms with Gasteiger partial charge in [-0.05, 0) is 68.4 Å². The molecule has 4 aliphatic rings. The summed E-state index contributed by atoms with van der Waals surface area (Å²) in [5.74, 6) is 1.80. The van der Waals surface area contributed by atoms with Gasteiger partial charge in [0.05, 0.1) is 25.9 Å². The number of carbonyl (C=O) groups excluding carboxylic acids is 3. The molecule has 162 valence electrons. The van der Waals surface area contributed by atoms with Gasteiger partial charge < -0.3 is 15.4 Å². The molecule has 1 aromatic carbocycles. The van der Waals surface area contributed by atoms with E-state index in [-0.39, 0.29) is 24.4 Å². The molecule has 5 rings (SSSR count). The Kier molecular flexibility index (Phi) is 5.83. The van der Waals surface area contributed by atoms with Gasteiger partial charge in [0.1, 0.15) is 5.75 Å². The number of carbonyl (C=O) groups is 3. The van der Waals surface area contributed by atoms with Crippen molar-refractivity contribution in [2.45, 2.75) is 38.5 Å². The molecule has 0 unspecified atom stereocenters. The molecule has 0 radical (unpaired) electrons. The summed E-state index contributed by atoms with van der Waals surface area (Å²) in [6.07, 6.45) is 6.67. The number of nitrogens with one attached hydrogen (secondary N) is 4. The van der Waals surface area contributed by atoms with Crippen LogP contribution in [0.4, 0.5) is 5.69 Å². The molecule has 0 atom stereocenters. The Balaban J connectivity index is 1.18. The van der Waals surface area contributed by atoms with Crippen molar-refractivity contribution >= 4 is 23.4 Å². The smallest absolute Gasteiger partial charge is 0.257 e. The molecule has 3 amide bonds. The average molecular weight is 415 g/mol. The summed E-state index contributed by atoms with van der Waals surface area (Å²) in [6.45, 7) is -0.166. The Morgan fingerprint density at radius 3 is 2.10 bits per heavy atom. The van der Waals surface area contributed by atoms with Crippen LogP contribution >= 0.6 is 0 Å². The summed E-state index contributed by atoms with van der Waals surface area (Å²) in [6, 6.07) is 7.25. The maximum atomic E-state index is 12.9. The minimum atomic E-state index is -0.446. The highest BCUT2D eigenvalue weighted by atomic mass is 16.5. The fraction of sp³-hybridized carbons (Fsp3) is 0.591. The number of anilines is 1. The monoisotopic (exact) mass is 414 g/mol. The summed E-state index contributed by atoms with van der Waals surface area (Å²) < 4.78 is 5.21. The molecule has 4 bridgehead atoms. The van der Waals surface area contributed by atoms with Crippen LogP contribution in [0.2, 0.25) is 0 Å². The van der Waals surface area contributed by atoms with Crippen molar-refractivity contribution in [1.82, 2.24) is 16.2 Å². The SMILES string of the molecule is COc1ccccc1NCC(=O)NNC(=O)CNC(=O)C12CC3CC(CC(C3)C1)C2. The van der Waals surface area contributed by atoms with Gasteiger partial charge in [0.25, 0.3) is 11.8 Å². The number of para-hydroxylation sites is 2. The van der Waals surface area contributed by atoms with E-state index in [0.29, 0.717) is 29.2 Å². The number of ether oxygens (including phenoxy) is 1. The number of hydrazine groups is 1. The van der Waals surface area contributed by atoms with Gasteiger partial charge in [-0.2, -0.15) is 0 Å². The van der Waals surface area contributed by atoms with Crippen LogP contribution in [-0.4, -0.2) is 37.9 Å². The second-order valence-corrected chi connectivity index (χ2v) is 9.03. The fourth-order valence-corrected chi connectivity index (χ4v) is 5.93. The lowest BCUT2D eigenvalue weighted by atomic mass is 9.49. The van der Waals surface area contributed by atoms with Crippen LogP contribution in [0.15, 0.2) is 24.3 Å². The van der Waals surface area contributed by atoms with Crippen LogP contribution < -0.4 is 26.2 Å². The lowest BCUT2D eigenvalue weighted by Crippen LogP contribution is -2.55. The van der Waals surface area contributed by atoms with Crippen molar-refractivity contribution in [2.24, 2.45) is 23.2 Å². The van der Waals surface area contributed by atoms with Crippen molar-refractivity contribution in [3.05, 3.63) is 24.3 Å². The highest BCUT2D eigenvalue weighted by molar-refractivity contribution is 5.89. The van der Waals surface area contributed by atoms with E-state index >= 15 is 0 Å². The molecule has 4 aliphatic carbocycles. The van der Waals surface area contributed by atoms with Crippen LogP contribution in [-0.2, 0) is 14.4 Å². The van der Waals surface area contributed by atoms with Crippen LogP contribution in [0.5, 0.6) is 5.75 Å². The normalized spacial score (nSPS) is 28.5. The third kappa shape index (κ3) is 4.37. The Labute approximate surface area is 176 Å². The maximum absolute atomic E-state index is 12.9. The minimum Gasteiger partial charge on any atom is -0.495 e. The zero-order chi connectivity index (χ0) is 21.1. The van der Waals surface area contributed by atoms with E-state index in [1.165, 1.54) is 19.3 Å². The van der Waals surface area contributed by atoms with Crippen molar-refractivity contribution in [3.63, 3.8) is 0 Å². The van der Waals surface area contributed by atoms with E-state index in [1.54, 1.807) is 19.2 Å². The van der Waals surface area contributed by atoms with Gasteiger partial charge >= 0.3 is 0 Å². The van der Waals surface area contributed by atoms with Gasteiger partial charge in [-0.25, -0.2) is 0 Å². The number of methoxy groups -OCH3 is 1. The van der Waals surface area contributed by atoms with Crippen molar-refractivity contribution in [1.29, 1.82) is 0 Å². The van der Waals surface area contributed by atoms with Crippen molar-refractivity contribution in [3.8, 4) is 5.75 Å². The number of amides is 3. The largest absolute Gasteiger partial charge is 0.495 e.